The molecule has 0 saturated heterocycles. The number of nitrogens with zero attached hydrogens (tertiary/aromatic N) is 1. The third-order valence-electron chi connectivity index (χ3n) is 3.50. The fraction of sp³-hybridized carbons (Fsp3) is 0.111. The van der Waals surface area contributed by atoms with Crippen LogP contribution in [-0.4, -0.2) is 10.9 Å². The van der Waals surface area contributed by atoms with Gasteiger partial charge < -0.3 is 5.32 Å². The first-order valence-corrected chi connectivity index (χ1v) is 8.49. The van der Waals surface area contributed by atoms with Gasteiger partial charge in [0.05, 0.1) is 10.7 Å². The molecule has 1 aromatic heterocycles. The van der Waals surface area contributed by atoms with Crippen LogP contribution in [0.4, 0.5) is 4.39 Å². The molecule has 0 atom stereocenters. The molecule has 0 unspecified atom stereocenters. The van der Waals surface area contributed by atoms with Crippen molar-refractivity contribution in [1.29, 1.82) is 0 Å². The van der Waals surface area contributed by atoms with Gasteiger partial charge in [0.1, 0.15) is 15.7 Å². The van der Waals surface area contributed by atoms with Crippen LogP contribution < -0.4 is 5.32 Å². The summed E-state index contributed by atoms with van der Waals surface area (Å²) in [6.07, 6.45) is 0. The molecule has 1 heterocycles. The van der Waals surface area contributed by atoms with Crippen LogP contribution in [0.25, 0.3) is 10.6 Å². The lowest BCUT2D eigenvalue weighted by Gasteiger charge is -2.05. The Morgan fingerprint density at radius 2 is 1.92 bits per heavy atom. The second-order valence-electron chi connectivity index (χ2n) is 5.19. The van der Waals surface area contributed by atoms with Crippen LogP contribution >= 0.6 is 22.9 Å². The average Bonchev–Trinajstić information content (AvgIpc) is 2.96. The molecule has 6 heteroatoms. The number of nitrogens with one attached hydrogen (secondary N) is 1. The highest BCUT2D eigenvalue weighted by molar-refractivity contribution is 7.17. The van der Waals surface area contributed by atoms with E-state index in [-0.39, 0.29) is 18.3 Å². The first kappa shape index (κ1) is 16.6. The van der Waals surface area contributed by atoms with Gasteiger partial charge in [0.15, 0.2) is 0 Å². The number of hydrogen-bond donors (Lipinski definition) is 1. The average molecular weight is 361 g/mol. The Morgan fingerprint density at radius 3 is 2.67 bits per heavy atom. The van der Waals surface area contributed by atoms with Crippen LogP contribution in [-0.2, 0) is 6.54 Å². The summed E-state index contributed by atoms with van der Waals surface area (Å²) in [4.78, 5) is 17.3. The monoisotopic (exact) mass is 360 g/mol. The zero-order valence-electron chi connectivity index (χ0n) is 12.8. The first-order chi connectivity index (χ1) is 11.6. The maximum absolute atomic E-state index is 13.6. The molecule has 0 aliphatic heterocycles. The van der Waals surface area contributed by atoms with Gasteiger partial charge in [-0.25, -0.2) is 9.37 Å². The van der Waals surface area contributed by atoms with Crippen molar-refractivity contribution in [2.75, 3.05) is 0 Å². The van der Waals surface area contributed by atoms with E-state index < -0.39 is 0 Å². The largest absolute Gasteiger partial charge is 0.347 e. The predicted molar refractivity (Wildman–Crippen MR) is 94.9 cm³/mol. The second-order valence-corrected chi connectivity index (χ2v) is 6.59. The van der Waals surface area contributed by atoms with Gasteiger partial charge in [0.25, 0.3) is 5.91 Å². The molecule has 3 rings (SSSR count). The predicted octanol–water partition coefficient (Wildman–Crippen LogP) is 4.84. The normalized spacial score (nSPS) is 10.6. The van der Waals surface area contributed by atoms with Crippen molar-refractivity contribution in [1.82, 2.24) is 10.3 Å². The Morgan fingerprint density at radius 1 is 1.21 bits per heavy atom. The fourth-order valence-electron chi connectivity index (χ4n) is 2.25. The summed E-state index contributed by atoms with van der Waals surface area (Å²) >= 11 is 7.46. The van der Waals surface area contributed by atoms with Crippen molar-refractivity contribution in [2.45, 2.75) is 13.5 Å². The molecule has 0 aliphatic rings. The lowest BCUT2D eigenvalue weighted by Crippen LogP contribution is -2.23. The van der Waals surface area contributed by atoms with E-state index in [4.69, 9.17) is 11.6 Å². The number of aromatic nitrogens is 1. The van der Waals surface area contributed by atoms with Crippen molar-refractivity contribution in [3.05, 3.63) is 75.5 Å². The quantitative estimate of drug-likeness (QED) is 0.723. The summed E-state index contributed by atoms with van der Waals surface area (Å²) in [5.74, 6) is -0.609. The molecule has 3 nitrogen and oxygen atoms in total. The molecule has 0 bridgehead atoms. The number of thiazole rings is 1. The number of hydrogen-bond acceptors (Lipinski definition) is 3. The van der Waals surface area contributed by atoms with Crippen LogP contribution in [0.15, 0.2) is 48.5 Å². The molecule has 3 aromatic rings. The van der Waals surface area contributed by atoms with Crippen LogP contribution in [0.2, 0.25) is 5.02 Å². The van der Waals surface area contributed by atoms with Gasteiger partial charge >= 0.3 is 0 Å². The minimum absolute atomic E-state index is 0.129. The van der Waals surface area contributed by atoms with E-state index in [1.165, 1.54) is 17.4 Å². The fourth-order valence-corrected chi connectivity index (χ4v) is 3.56. The molecule has 0 fully saturated rings. The molecule has 24 heavy (non-hydrogen) atoms. The number of rotatable bonds is 4. The van der Waals surface area contributed by atoms with E-state index in [0.717, 1.165) is 5.56 Å². The number of aryl methyl sites for hydroxylation is 1. The van der Waals surface area contributed by atoms with E-state index >= 15 is 0 Å². The molecule has 0 spiro atoms. The highest BCUT2D eigenvalue weighted by Crippen LogP contribution is 2.32. The molecule has 0 aliphatic carbocycles. The lowest BCUT2D eigenvalue weighted by molar-refractivity contribution is 0.0954. The van der Waals surface area contributed by atoms with E-state index in [1.54, 1.807) is 31.2 Å². The van der Waals surface area contributed by atoms with Crippen molar-refractivity contribution >= 4 is 28.8 Å². The van der Waals surface area contributed by atoms with Crippen LogP contribution in [0.5, 0.6) is 0 Å². The van der Waals surface area contributed by atoms with E-state index in [1.807, 2.05) is 18.2 Å². The summed E-state index contributed by atoms with van der Waals surface area (Å²) in [5.41, 5.74) is 1.86. The van der Waals surface area contributed by atoms with Crippen molar-refractivity contribution in [3.63, 3.8) is 0 Å². The van der Waals surface area contributed by atoms with E-state index in [9.17, 15) is 9.18 Å². The topological polar surface area (TPSA) is 42.0 Å². The van der Waals surface area contributed by atoms with Crippen molar-refractivity contribution in [3.8, 4) is 10.6 Å². The second kappa shape index (κ2) is 7.11. The van der Waals surface area contributed by atoms with Gasteiger partial charge in [-0.2, -0.15) is 0 Å². The van der Waals surface area contributed by atoms with Crippen LogP contribution in [0.3, 0.4) is 0 Å². The number of carbonyl (C=O) groups excluding carboxylic acids is 1. The molecule has 1 N–H and O–H groups in total. The maximum Gasteiger partial charge on any atom is 0.263 e. The summed E-state index contributed by atoms with van der Waals surface area (Å²) < 4.78 is 13.6. The number of amides is 1. The first-order valence-electron chi connectivity index (χ1n) is 7.30. The molecule has 122 valence electrons. The van der Waals surface area contributed by atoms with Gasteiger partial charge in [-0.1, -0.05) is 48.0 Å². The highest BCUT2D eigenvalue weighted by atomic mass is 35.5. The number of benzene rings is 2. The Kier molecular flexibility index (Phi) is 4.92. The highest BCUT2D eigenvalue weighted by Gasteiger charge is 2.17. The molecule has 0 saturated carbocycles. The molecule has 2 aromatic carbocycles. The molecule has 0 radical (unpaired) electrons. The number of halogens is 2. The lowest BCUT2D eigenvalue weighted by atomic mass is 10.2. The van der Waals surface area contributed by atoms with E-state index in [0.29, 0.717) is 26.2 Å². The third-order valence-corrected chi connectivity index (χ3v) is 5.02. The molecular weight excluding hydrogens is 347 g/mol. The molecular formula is C18H14ClFN2OS. The maximum atomic E-state index is 13.6. The van der Waals surface area contributed by atoms with E-state index in [2.05, 4.69) is 10.3 Å². The summed E-state index contributed by atoms with van der Waals surface area (Å²) in [5, 5.41) is 4.01. The van der Waals surface area contributed by atoms with Gasteiger partial charge in [-0.3, -0.25) is 4.79 Å². The third kappa shape index (κ3) is 3.47. The summed E-state index contributed by atoms with van der Waals surface area (Å²) in [7, 11) is 0. The standard InChI is InChI=1S/C18H14ClFN2OS/c1-11-16(17(23)21-10-12-6-2-5-9-15(12)20)24-18(22-11)13-7-3-4-8-14(13)19/h2-9H,10H2,1H3,(H,21,23). The van der Waals surface area contributed by atoms with Crippen molar-refractivity contribution < 1.29 is 9.18 Å². The zero-order chi connectivity index (χ0) is 17.1. The zero-order valence-corrected chi connectivity index (χ0v) is 14.4. The Bertz CT molecular complexity index is 894. The minimum atomic E-state index is -0.337. The van der Waals surface area contributed by atoms with Gasteiger partial charge in [-0.15, -0.1) is 11.3 Å². The molecule has 1 amide bonds. The number of carbonyl (C=O) groups is 1. The van der Waals surface area contributed by atoms with Crippen LogP contribution in [0.1, 0.15) is 20.9 Å². The van der Waals surface area contributed by atoms with Crippen molar-refractivity contribution in [2.24, 2.45) is 0 Å². The van der Waals surface area contributed by atoms with Crippen LogP contribution in [0, 0.1) is 12.7 Å². The summed E-state index contributed by atoms with van der Waals surface area (Å²) in [6, 6.07) is 13.7. The Hall–Kier alpha value is -2.24. The smallest absolute Gasteiger partial charge is 0.263 e. The van der Waals surface area contributed by atoms with Gasteiger partial charge in [0.2, 0.25) is 0 Å². The Labute approximate surface area is 148 Å². The van der Waals surface area contributed by atoms with Gasteiger partial charge in [-0.05, 0) is 19.1 Å². The summed E-state index contributed by atoms with van der Waals surface area (Å²) in [6.45, 7) is 1.90. The minimum Gasteiger partial charge on any atom is -0.347 e. The SMILES string of the molecule is Cc1nc(-c2ccccc2Cl)sc1C(=O)NCc1ccccc1F. The van der Waals surface area contributed by atoms with Gasteiger partial charge in [0, 0.05) is 17.7 Å². The Balaban J connectivity index is 1.79.